The van der Waals surface area contributed by atoms with Crippen LogP contribution in [-0.4, -0.2) is 9.97 Å². The number of pyridine rings is 4. The molecule has 0 spiro atoms. The molecule has 4 nitrogen and oxygen atoms in total. The van der Waals surface area contributed by atoms with Crippen molar-refractivity contribution in [2.45, 2.75) is 128 Å². The summed E-state index contributed by atoms with van der Waals surface area (Å²) >= 11 is 0. The van der Waals surface area contributed by atoms with Crippen molar-refractivity contribution in [2.24, 2.45) is 14.1 Å². The van der Waals surface area contributed by atoms with Crippen molar-refractivity contribution in [2.75, 3.05) is 0 Å². The van der Waals surface area contributed by atoms with Gasteiger partial charge in [0.25, 0.3) is 0 Å². The van der Waals surface area contributed by atoms with E-state index in [9.17, 15) is 0 Å². The molecule has 8 rings (SSSR count). The molecular formula is C58H70I2N4. The van der Waals surface area contributed by atoms with Gasteiger partial charge in [-0.25, -0.2) is 0 Å². The van der Waals surface area contributed by atoms with Gasteiger partial charge in [0.1, 0.15) is 14.1 Å². The Morgan fingerprint density at radius 1 is 0.297 bits per heavy atom. The maximum atomic E-state index is 4.78. The summed E-state index contributed by atoms with van der Waals surface area (Å²) in [5, 5.41) is 5.12. The molecule has 4 aromatic carbocycles. The van der Waals surface area contributed by atoms with Crippen LogP contribution in [0.25, 0.3) is 43.6 Å². The largest absolute Gasteiger partial charge is 1.00 e. The molecule has 6 heteroatoms. The Morgan fingerprint density at radius 3 is 0.984 bits per heavy atom. The number of para-hydroxylation sites is 4. The topological polar surface area (TPSA) is 33.5 Å². The quantitative estimate of drug-likeness (QED) is 0.0390. The van der Waals surface area contributed by atoms with Crippen LogP contribution in [0.4, 0.5) is 0 Å². The Morgan fingerprint density at radius 2 is 0.594 bits per heavy atom. The molecule has 0 N–H and O–H groups in total. The van der Waals surface area contributed by atoms with Crippen LogP contribution in [-0.2, 0) is 39.8 Å². The van der Waals surface area contributed by atoms with Gasteiger partial charge in [0.05, 0.1) is 11.0 Å². The molecule has 4 heterocycles. The van der Waals surface area contributed by atoms with Crippen LogP contribution in [0.2, 0.25) is 0 Å². The number of rotatable bonds is 22. The molecule has 0 unspecified atom stereocenters. The van der Waals surface area contributed by atoms with E-state index in [1.54, 1.807) is 0 Å². The van der Waals surface area contributed by atoms with E-state index in [0.29, 0.717) is 0 Å². The summed E-state index contributed by atoms with van der Waals surface area (Å²) in [6, 6.07) is 52.0. The second-order valence-corrected chi connectivity index (χ2v) is 17.5. The van der Waals surface area contributed by atoms with E-state index >= 15 is 0 Å². The summed E-state index contributed by atoms with van der Waals surface area (Å²) in [6.45, 7) is 0. The summed E-state index contributed by atoms with van der Waals surface area (Å²) in [5.74, 6) is 0. The minimum Gasteiger partial charge on any atom is -1.00 e. The summed E-state index contributed by atoms with van der Waals surface area (Å²) in [4.78, 5) is 9.56. The van der Waals surface area contributed by atoms with E-state index in [-0.39, 0.29) is 48.0 Å². The molecule has 0 atom stereocenters. The van der Waals surface area contributed by atoms with Crippen LogP contribution in [0.15, 0.2) is 146 Å². The highest BCUT2D eigenvalue weighted by atomic mass is 127. The van der Waals surface area contributed by atoms with Gasteiger partial charge in [0.15, 0.2) is 11.4 Å². The molecule has 0 saturated heterocycles. The second kappa shape index (κ2) is 28.1. The fraction of sp³-hybridized carbons (Fsp3) is 0.379. The van der Waals surface area contributed by atoms with E-state index in [2.05, 4.69) is 169 Å². The monoisotopic (exact) mass is 1080 g/mol. The summed E-state index contributed by atoms with van der Waals surface area (Å²) in [5.41, 5.74) is 10.3. The number of aromatic nitrogens is 4. The number of unbranched alkanes of at least 4 members (excludes halogenated alkanes) is 14. The third-order valence-electron chi connectivity index (χ3n) is 12.9. The lowest BCUT2D eigenvalue weighted by molar-refractivity contribution is -0.653. The van der Waals surface area contributed by atoms with Gasteiger partial charge in [-0.15, -0.1) is 0 Å². The maximum absolute atomic E-state index is 4.78. The zero-order valence-corrected chi connectivity index (χ0v) is 42.9. The van der Waals surface area contributed by atoms with Gasteiger partial charge < -0.3 is 48.0 Å². The van der Waals surface area contributed by atoms with E-state index in [1.165, 1.54) is 171 Å². The molecule has 0 aliphatic rings. The van der Waals surface area contributed by atoms with E-state index < -0.39 is 0 Å². The standard InChI is InChI=1S/C30H38N2.C28H32N2.2HI/c1-31-27(23-21-25-15-11-13-19-29(25)31)17-9-7-5-3-4-6-8-10-18-28-24-22-26-16-12-14-20-30(26)32(28)2;1(3-5-7-15-25-21-19-23-13-9-11-17-27(23)29-25)2-4-6-8-16-26-22-20-24-14-10-12-18-28(24)30-26;;/h11-16,19-24H,3-10,17-18H2,1-2H3;9-14,17-22H,1-8,15-16H2;2*1H/q+2;;;/p-2. The minimum atomic E-state index is 0. The van der Waals surface area contributed by atoms with Gasteiger partial charge in [0, 0.05) is 70.0 Å². The van der Waals surface area contributed by atoms with Crippen molar-refractivity contribution in [1.29, 1.82) is 0 Å². The van der Waals surface area contributed by atoms with Crippen molar-refractivity contribution in [3.8, 4) is 0 Å². The Kier molecular flexibility index (Phi) is 22.4. The number of hydrogen-bond donors (Lipinski definition) is 0. The van der Waals surface area contributed by atoms with E-state index in [0.717, 1.165) is 23.9 Å². The summed E-state index contributed by atoms with van der Waals surface area (Å²) < 4.78 is 4.73. The third-order valence-corrected chi connectivity index (χ3v) is 12.9. The molecule has 8 aromatic rings. The molecule has 64 heavy (non-hydrogen) atoms. The van der Waals surface area contributed by atoms with Gasteiger partial charge in [-0.05, 0) is 87.1 Å². The third kappa shape index (κ3) is 15.6. The smallest absolute Gasteiger partial charge is 0.212 e. The fourth-order valence-electron chi connectivity index (χ4n) is 9.12. The lowest BCUT2D eigenvalue weighted by atomic mass is 10.0. The molecule has 0 aliphatic carbocycles. The van der Waals surface area contributed by atoms with Crippen molar-refractivity contribution in [1.82, 2.24) is 9.97 Å². The Hall–Kier alpha value is -4.02. The number of nitrogens with zero attached hydrogens (tertiary/aromatic N) is 4. The number of fused-ring (bicyclic) bond motifs is 4. The first-order valence-electron chi connectivity index (χ1n) is 24.0. The Labute approximate surface area is 418 Å². The Bertz CT molecular complexity index is 2430. The van der Waals surface area contributed by atoms with E-state index in [4.69, 9.17) is 9.97 Å². The number of benzene rings is 4. The highest BCUT2D eigenvalue weighted by Gasteiger charge is 2.12. The minimum absolute atomic E-state index is 0. The molecular weight excluding hydrogens is 1010 g/mol. The molecule has 336 valence electrons. The molecule has 0 radical (unpaired) electrons. The first-order valence-corrected chi connectivity index (χ1v) is 24.0. The van der Waals surface area contributed by atoms with Crippen LogP contribution in [0.5, 0.6) is 0 Å². The predicted molar refractivity (Wildman–Crippen MR) is 262 cm³/mol. The SMILES string of the molecule is C[n+]1c(CCCCCCCCCCc2ccc3ccccc3[n+]2C)ccc2ccccc21.[I-].[I-].c1ccc2nc(CCCCCCCCCCc3ccc4ccccc4n3)ccc2c1. The van der Waals surface area contributed by atoms with Gasteiger partial charge in [-0.1, -0.05) is 150 Å². The van der Waals surface area contributed by atoms with Gasteiger partial charge >= 0.3 is 0 Å². The highest BCUT2D eigenvalue weighted by Crippen LogP contribution is 2.18. The number of hydrogen-bond acceptors (Lipinski definition) is 2. The average Bonchev–Trinajstić information content (AvgIpc) is 3.31. The van der Waals surface area contributed by atoms with Gasteiger partial charge in [0.2, 0.25) is 11.0 Å². The van der Waals surface area contributed by atoms with Crippen LogP contribution >= 0.6 is 0 Å². The van der Waals surface area contributed by atoms with Crippen LogP contribution in [0.3, 0.4) is 0 Å². The predicted octanol–water partition coefficient (Wildman–Crippen LogP) is 8.25. The molecule has 0 bridgehead atoms. The van der Waals surface area contributed by atoms with E-state index in [1.807, 2.05) is 0 Å². The highest BCUT2D eigenvalue weighted by molar-refractivity contribution is 5.79. The zero-order valence-electron chi connectivity index (χ0n) is 38.5. The van der Waals surface area contributed by atoms with Crippen molar-refractivity contribution < 1.29 is 57.1 Å². The second-order valence-electron chi connectivity index (χ2n) is 17.5. The van der Waals surface area contributed by atoms with Crippen molar-refractivity contribution in [3.05, 3.63) is 168 Å². The molecule has 0 saturated carbocycles. The normalized spacial score (nSPS) is 11.0. The zero-order chi connectivity index (χ0) is 42.6. The Balaban J connectivity index is 0.000000234. The van der Waals surface area contributed by atoms with Crippen molar-refractivity contribution >= 4 is 43.6 Å². The molecule has 4 aromatic heterocycles. The fourth-order valence-corrected chi connectivity index (χ4v) is 9.12. The summed E-state index contributed by atoms with van der Waals surface area (Å²) in [7, 11) is 4.41. The first-order chi connectivity index (χ1) is 30.6. The average molecular weight is 1080 g/mol. The van der Waals surface area contributed by atoms with Gasteiger partial charge in [-0.2, -0.15) is 9.13 Å². The molecule has 0 fully saturated rings. The number of aryl methyl sites for hydroxylation is 6. The van der Waals surface area contributed by atoms with Crippen LogP contribution in [0, 0.1) is 0 Å². The summed E-state index contributed by atoms with van der Waals surface area (Å²) in [6.07, 6.45) is 25.9. The molecule has 0 amide bonds. The van der Waals surface area contributed by atoms with Crippen LogP contribution in [0.1, 0.15) is 126 Å². The van der Waals surface area contributed by atoms with Gasteiger partial charge in [-0.3, -0.25) is 9.97 Å². The lowest BCUT2D eigenvalue weighted by Gasteiger charge is -2.05. The number of halogens is 2. The van der Waals surface area contributed by atoms with Crippen LogP contribution < -0.4 is 57.1 Å². The van der Waals surface area contributed by atoms with Crippen molar-refractivity contribution in [3.63, 3.8) is 0 Å². The maximum Gasteiger partial charge on any atom is 0.212 e. The first kappa shape index (κ1) is 51.0. The lowest BCUT2D eigenvalue weighted by Crippen LogP contribution is -3.00. The molecule has 0 aliphatic heterocycles.